The number of allylic oxidation sites excluding steroid dienone is 2. The van der Waals surface area contributed by atoms with Crippen molar-refractivity contribution in [2.75, 3.05) is 26.4 Å². The summed E-state index contributed by atoms with van der Waals surface area (Å²) >= 11 is 0. The predicted octanol–water partition coefficient (Wildman–Crippen LogP) is 12.1. The molecule has 0 N–H and O–H groups in total. The van der Waals surface area contributed by atoms with Crippen molar-refractivity contribution in [3.05, 3.63) is 155 Å². The summed E-state index contributed by atoms with van der Waals surface area (Å²) in [5, 5.41) is 0. The molecule has 0 amide bonds. The van der Waals surface area contributed by atoms with Gasteiger partial charge in [-0.2, -0.15) is 0 Å². The maximum absolute atomic E-state index is 13.7. The number of rotatable bonds is 25. The van der Waals surface area contributed by atoms with Crippen LogP contribution in [0.2, 0.25) is 0 Å². The van der Waals surface area contributed by atoms with Crippen LogP contribution in [0, 0.1) is 23.7 Å². The third-order valence-corrected chi connectivity index (χ3v) is 15.1. The fraction of sp³-hybridized carbons (Fsp3) is 0.375. The average molecular weight is 1060 g/mol. The van der Waals surface area contributed by atoms with E-state index in [1.807, 2.05) is 0 Å². The molecule has 78 heavy (non-hydrogen) atoms. The highest BCUT2D eigenvalue weighted by Crippen LogP contribution is 2.43. The van der Waals surface area contributed by atoms with Crippen LogP contribution in [0.15, 0.2) is 121 Å². The zero-order valence-corrected chi connectivity index (χ0v) is 44.0. The van der Waals surface area contributed by atoms with E-state index in [4.69, 9.17) is 28.4 Å². The Bertz CT molecular complexity index is 2720. The highest BCUT2D eigenvalue weighted by molar-refractivity contribution is 6.42. The number of carbonyl (C=O) groups is 8. The topological polar surface area (TPSA) is 192 Å². The van der Waals surface area contributed by atoms with E-state index in [-0.39, 0.29) is 69.6 Å². The lowest BCUT2D eigenvalue weighted by atomic mass is 9.69. The molecule has 0 bridgehead atoms. The minimum atomic E-state index is -0.450. The third kappa shape index (κ3) is 14.3. The lowest BCUT2D eigenvalue weighted by molar-refractivity contribution is -0.142. The van der Waals surface area contributed by atoms with E-state index in [1.165, 1.54) is 12.2 Å². The average Bonchev–Trinajstić information content (AvgIpc) is 3.95. The third-order valence-electron chi connectivity index (χ3n) is 15.1. The summed E-state index contributed by atoms with van der Waals surface area (Å²) in [5.41, 5.74) is 2.27. The van der Waals surface area contributed by atoms with Gasteiger partial charge in [0.1, 0.15) is 23.0 Å². The van der Waals surface area contributed by atoms with Gasteiger partial charge in [-0.3, -0.25) is 28.8 Å². The SMILES string of the molecule is C=CC(=O)OCCCCCCOc1ccc(OC(=O)C2CCC(C3CCC(C(=O)Oc4ccc(OCCCCCCOC(=O)C=C)c(C=C5C(=O)c6ccccc6C5=O)c4)CC3)CC2)cc1C=C1C(=O)c2ccccc2C1=O. The van der Waals surface area contributed by atoms with Crippen LogP contribution in [0.5, 0.6) is 23.0 Å². The van der Waals surface area contributed by atoms with Crippen LogP contribution in [0.4, 0.5) is 0 Å². The molecule has 0 heterocycles. The van der Waals surface area contributed by atoms with Crippen molar-refractivity contribution in [2.24, 2.45) is 23.7 Å². The second-order valence-corrected chi connectivity index (χ2v) is 20.3. The van der Waals surface area contributed by atoms with E-state index in [9.17, 15) is 38.4 Å². The first-order chi connectivity index (χ1) is 37.9. The van der Waals surface area contributed by atoms with E-state index in [0.717, 1.165) is 63.5 Å². The second-order valence-electron chi connectivity index (χ2n) is 20.3. The standard InChI is InChI=1S/C64H66O14/c1-3-57(65)75-35-15-7-5-13-33-73-55-31-29-47(37-45(55)39-53-59(67)49-17-9-10-18-50(49)60(53)68)77-63(71)43-25-21-41(22-26-43)42-23-27-44(28-24-42)64(72)78-48-30-32-56(74-34-14-6-8-16-36-76-58(66)4-2)46(38-48)40-54-61(69)51-19-11-12-20-52(51)62(54)70/h3-4,9-12,17-20,29-32,37-44H,1-2,5-8,13-16,21-28,33-36H2. The monoisotopic (exact) mass is 1060 g/mol. The Morgan fingerprint density at radius 3 is 1.10 bits per heavy atom. The van der Waals surface area contributed by atoms with Crippen LogP contribution in [0.25, 0.3) is 12.2 Å². The van der Waals surface area contributed by atoms with Crippen molar-refractivity contribution >= 4 is 59.2 Å². The summed E-state index contributed by atoms with van der Waals surface area (Å²) in [6, 6.07) is 23.4. The van der Waals surface area contributed by atoms with Crippen LogP contribution >= 0.6 is 0 Å². The Morgan fingerprint density at radius 1 is 0.436 bits per heavy atom. The number of esters is 4. The number of carbonyl (C=O) groups excluding carboxylic acids is 8. The van der Waals surface area contributed by atoms with Crippen molar-refractivity contribution in [1.29, 1.82) is 0 Å². The predicted molar refractivity (Wildman–Crippen MR) is 291 cm³/mol. The van der Waals surface area contributed by atoms with Crippen LogP contribution in [-0.4, -0.2) is 73.4 Å². The van der Waals surface area contributed by atoms with Gasteiger partial charge in [0.2, 0.25) is 0 Å². The normalized spacial score (nSPS) is 18.6. The Kier molecular flexibility index (Phi) is 19.7. The molecule has 4 aliphatic rings. The van der Waals surface area contributed by atoms with Crippen LogP contribution in [0.1, 0.15) is 155 Å². The van der Waals surface area contributed by atoms with E-state index < -0.39 is 11.9 Å². The van der Waals surface area contributed by atoms with E-state index >= 15 is 0 Å². The molecule has 4 aliphatic carbocycles. The molecule has 0 saturated heterocycles. The summed E-state index contributed by atoms with van der Waals surface area (Å²) in [7, 11) is 0. The molecule has 0 spiro atoms. The first-order valence-corrected chi connectivity index (χ1v) is 27.3. The van der Waals surface area contributed by atoms with Crippen molar-refractivity contribution in [3.63, 3.8) is 0 Å². The molecule has 0 atom stereocenters. The van der Waals surface area contributed by atoms with Gasteiger partial charge in [-0.05, 0) is 163 Å². The van der Waals surface area contributed by atoms with E-state index in [0.29, 0.717) is 135 Å². The summed E-state index contributed by atoms with van der Waals surface area (Å²) in [6.07, 6.45) is 17.5. The van der Waals surface area contributed by atoms with Gasteiger partial charge in [0.05, 0.1) is 49.4 Å². The fourth-order valence-corrected chi connectivity index (χ4v) is 10.8. The molecule has 0 radical (unpaired) electrons. The summed E-state index contributed by atoms with van der Waals surface area (Å²) in [5.74, 6) is -1.45. The van der Waals surface area contributed by atoms with Crippen molar-refractivity contribution in [2.45, 2.75) is 103 Å². The van der Waals surface area contributed by atoms with Crippen molar-refractivity contribution in [1.82, 2.24) is 0 Å². The number of hydrogen-bond donors (Lipinski definition) is 0. The number of hydrogen-bond acceptors (Lipinski definition) is 14. The van der Waals surface area contributed by atoms with Gasteiger partial charge in [-0.1, -0.05) is 61.7 Å². The van der Waals surface area contributed by atoms with Crippen LogP contribution in [-0.2, 0) is 28.7 Å². The van der Waals surface area contributed by atoms with Crippen molar-refractivity contribution < 1.29 is 66.8 Å². The Hall–Kier alpha value is -8.00. The maximum Gasteiger partial charge on any atom is 0.330 e. The minimum Gasteiger partial charge on any atom is -0.493 e. The minimum absolute atomic E-state index is 0.00943. The van der Waals surface area contributed by atoms with E-state index in [1.54, 1.807) is 84.9 Å². The van der Waals surface area contributed by atoms with Gasteiger partial charge in [0.15, 0.2) is 23.1 Å². The molecule has 8 rings (SSSR count). The van der Waals surface area contributed by atoms with Gasteiger partial charge in [0.25, 0.3) is 0 Å². The number of fused-ring (bicyclic) bond motifs is 2. The van der Waals surface area contributed by atoms with Gasteiger partial charge in [0, 0.05) is 45.5 Å². The summed E-state index contributed by atoms with van der Waals surface area (Å²) < 4.78 is 34.4. The molecule has 0 aliphatic heterocycles. The first-order valence-electron chi connectivity index (χ1n) is 27.3. The first kappa shape index (κ1) is 56.2. The molecule has 406 valence electrons. The lowest BCUT2D eigenvalue weighted by Gasteiger charge is -2.36. The van der Waals surface area contributed by atoms with Gasteiger partial charge in [-0.25, -0.2) is 9.59 Å². The van der Waals surface area contributed by atoms with Crippen LogP contribution in [0.3, 0.4) is 0 Å². The molecular formula is C64H66O14. The maximum atomic E-state index is 13.7. The largest absolute Gasteiger partial charge is 0.493 e. The number of Topliss-reactive ketones (excluding diaryl/α,β-unsaturated/α-hetero) is 4. The lowest BCUT2D eigenvalue weighted by Crippen LogP contribution is -2.32. The highest BCUT2D eigenvalue weighted by atomic mass is 16.5. The summed E-state index contributed by atoms with van der Waals surface area (Å²) in [6.45, 7) is 8.15. The quantitative estimate of drug-likeness (QED) is 0.0200. The number of ether oxygens (including phenoxy) is 6. The highest BCUT2D eigenvalue weighted by Gasteiger charge is 2.37. The Labute approximate surface area is 454 Å². The fourth-order valence-electron chi connectivity index (χ4n) is 10.8. The zero-order chi connectivity index (χ0) is 55.0. The van der Waals surface area contributed by atoms with E-state index in [2.05, 4.69) is 13.2 Å². The molecule has 0 aromatic heterocycles. The van der Waals surface area contributed by atoms with Gasteiger partial charge in [-0.15, -0.1) is 0 Å². The smallest absolute Gasteiger partial charge is 0.330 e. The molecular weight excluding hydrogens is 993 g/mol. The molecule has 2 fully saturated rings. The second kappa shape index (κ2) is 27.4. The Morgan fingerprint density at radius 2 is 0.769 bits per heavy atom. The molecule has 0 unspecified atom stereocenters. The molecule has 4 aromatic rings. The van der Waals surface area contributed by atoms with Gasteiger partial charge >= 0.3 is 23.9 Å². The number of ketones is 4. The Balaban J connectivity index is 0.828. The number of benzene rings is 4. The van der Waals surface area contributed by atoms with Crippen molar-refractivity contribution in [3.8, 4) is 23.0 Å². The summed E-state index contributed by atoms with van der Waals surface area (Å²) in [4.78, 5) is 103. The zero-order valence-electron chi connectivity index (χ0n) is 44.0. The number of unbranched alkanes of at least 4 members (excludes halogenated alkanes) is 6. The molecule has 2 saturated carbocycles. The molecule has 4 aromatic carbocycles. The molecule has 14 nitrogen and oxygen atoms in total. The molecule has 14 heteroatoms. The van der Waals surface area contributed by atoms with Crippen LogP contribution < -0.4 is 18.9 Å². The van der Waals surface area contributed by atoms with Gasteiger partial charge < -0.3 is 28.4 Å².